The fraction of sp³-hybridized carbons (Fsp3) is 0.333. The van der Waals surface area contributed by atoms with Crippen molar-refractivity contribution >= 4 is 0 Å². The first-order valence-electron chi connectivity index (χ1n) is 7.16. The highest BCUT2D eigenvalue weighted by Crippen LogP contribution is 2.36. The monoisotopic (exact) mass is 286 g/mol. The van der Waals surface area contributed by atoms with Gasteiger partial charge in [0.05, 0.1) is 7.11 Å². The Morgan fingerprint density at radius 1 is 1.10 bits per heavy atom. The number of hydrogen-bond acceptors (Lipinski definition) is 3. The number of aryl methyl sites for hydroxylation is 1. The molecule has 2 aromatic rings. The van der Waals surface area contributed by atoms with Crippen molar-refractivity contribution in [3.8, 4) is 5.75 Å². The van der Waals surface area contributed by atoms with Gasteiger partial charge >= 0.3 is 0 Å². The Morgan fingerprint density at radius 2 is 1.81 bits per heavy atom. The summed E-state index contributed by atoms with van der Waals surface area (Å²) in [5.41, 5.74) is 2.78. The van der Waals surface area contributed by atoms with Gasteiger partial charge in [-0.3, -0.25) is 0 Å². The van der Waals surface area contributed by atoms with E-state index in [0.717, 1.165) is 16.7 Å². The van der Waals surface area contributed by atoms with Gasteiger partial charge in [0.2, 0.25) is 0 Å². The fourth-order valence-corrected chi connectivity index (χ4v) is 2.44. The summed E-state index contributed by atoms with van der Waals surface area (Å²) in [7, 11) is 1.61. The molecular formula is C18H22O3. The van der Waals surface area contributed by atoms with E-state index in [4.69, 9.17) is 9.47 Å². The van der Waals surface area contributed by atoms with E-state index in [2.05, 4.69) is 0 Å². The molecule has 21 heavy (non-hydrogen) atoms. The maximum absolute atomic E-state index is 10.8. The van der Waals surface area contributed by atoms with Gasteiger partial charge in [-0.2, -0.15) is 0 Å². The van der Waals surface area contributed by atoms with Crippen molar-refractivity contribution in [2.45, 2.75) is 26.1 Å². The zero-order valence-corrected chi connectivity index (χ0v) is 12.7. The van der Waals surface area contributed by atoms with Gasteiger partial charge in [-0.25, -0.2) is 0 Å². The first-order chi connectivity index (χ1) is 10.2. The molecule has 0 saturated heterocycles. The highest BCUT2D eigenvalue weighted by molar-refractivity contribution is 5.40. The van der Waals surface area contributed by atoms with Crippen molar-refractivity contribution in [2.75, 3.05) is 13.7 Å². The summed E-state index contributed by atoms with van der Waals surface area (Å²) >= 11 is 0. The maximum Gasteiger partial charge on any atom is 0.124 e. The molecule has 0 aliphatic heterocycles. The molecule has 112 valence electrons. The van der Waals surface area contributed by atoms with Crippen LogP contribution in [0.3, 0.4) is 0 Å². The van der Waals surface area contributed by atoms with Crippen molar-refractivity contribution in [1.29, 1.82) is 0 Å². The third-order valence-corrected chi connectivity index (χ3v) is 3.46. The Kier molecular flexibility index (Phi) is 5.37. The number of benzene rings is 2. The second-order valence-corrected chi connectivity index (χ2v) is 4.98. The fourth-order valence-electron chi connectivity index (χ4n) is 2.44. The molecule has 3 heteroatoms. The second-order valence-electron chi connectivity index (χ2n) is 4.98. The van der Waals surface area contributed by atoms with Crippen LogP contribution in [-0.4, -0.2) is 18.8 Å². The minimum Gasteiger partial charge on any atom is -0.496 e. The van der Waals surface area contributed by atoms with Crippen LogP contribution in [0.25, 0.3) is 0 Å². The summed E-state index contributed by atoms with van der Waals surface area (Å²) in [4.78, 5) is 0. The third-order valence-electron chi connectivity index (χ3n) is 3.46. The second kappa shape index (κ2) is 7.25. The Bertz CT molecular complexity index is 566. The van der Waals surface area contributed by atoms with Crippen LogP contribution in [-0.2, 0) is 4.74 Å². The molecule has 0 bridgehead atoms. The van der Waals surface area contributed by atoms with E-state index in [1.54, 1.807) is 7.11 Å². The standard InChI is InChI=1S/C18H22O3/c1-4-21-18(14-8-6-5-7-9-14)17(19)15-12-13(2)10-11-16(15)20-3/h5-12,17-19H,4H2,1-3H3. The summed E-state index contributed by atoms with van der Waals surface area (Å²) < 4.78 is 11.1. The Balaban J connectivity index is 2.39. The lowest BCUT2D eigenvalue weighted by Gasteiger charge is -2.25. The summed E-state index contributed by atoms with van der Waals surface area (Å²) in [5.74, 6) is 0.675. The lowest BCUT2D eigenvalue weighted by atomic mass is 9.96. The number of methoxy groups -OCH3 is 1. The minimum absolute atomic E-state index is 0.410. The van der Waals surface area contributed by atoms with Gasteiger partial charge in [-0.1, -0.05) is 42.0 Å². The van der Waals surface area contributed by atoms with Crippen molar-refractivity contribution in [3.05, 3.63) is 65.2 Å². The number of rotatable bonds is 6. The van der Waals surface area contributed by atoms with Gasteiger partial charge in [0.25, 0.3) is 0 Å². The van der Waals surface area contributed by atoms with Gasteiger partial charge < -0.3 is 14.6 Å². The molecule has 0 fully saturated rings. The molecule has 1 N–H and O–H groups in total. The van der Waals surface area contributed by atoms with Crippen molar-refractivity contribution in [2.24, 2.45) is 0 Å². The molecule has 2 unspecified atom stereocenters. The predicted molar refractivity (Wildman–Crippen MR) is 83.5 cm³/mol. The molecule has 0 aromatic heterocycles. The molecule has 0 saturated carbocycles. The Morgan fingerprint density at radius 3 is 2.43 bits per heavy atom. The molecule has 0 amide bonds. The number of hydrogen-bond donors (Lipinski definition) is 1. The zero-order chi connectivity index (χ0) is 15.2. The molecule has 0 heterocycles. The molecule has 0 aliphatic carbocycles. The molecule has 0 aliphatic rings. The van der Waals surface area contributed by atoms with E-state index in [0.29, 0.717) is 12.4 Å². The molecule has 0 radical (unpaired) electrons. The normalized spacial score (nSPS) is 13.7. The van der Waals surface area contributed by atoms with Crippen LogP contribution >= 0.6 is 0 Å². The smallest absolute Gasteiger partial charge is 0.124 e. The van der Waals surface area contributed by atoms with Crippen molar-refractivity contribution in [1.82, 2.24) is 0 Å². The highest BCUT2D eigenvalue weighted by Gasteiger charge is 2.25. The van der Waals surface area contributed by atoms with Crippen LogP contribution in [0.5, 0.6) is 5.75 Å². The quantitative estimate of drug-likeness (QED) is 0.877. The largest absolute Gasteiger partial charge is 0.496 e. The molecule has 3 nitrogen and oxygen atoms in total. The lowest BCUT2D eigenvalue weighted by Crippen LogP contribution is -2.15. The van der Waals surface area contributed by atoms with Crippen molar-refractivity contribution in [3.63, 3.8) is 0 Å². The van der Waals surface area contributed by atoms with E-state index in [1.807, 2.05) is 62.4 Å². The van der Waals surface area contributed by atoms with Gasteiger partial charge in [0.15, 0.2) is 0 Å². The van der Waals surface area contributed by atoms with Gasteiger partial charge in [0.1, 0.15) is 18.0 Å². The van der Waals surface area contributed by atoms with E-state index >= 15 is 0 Å². The Labute approximate surface area is 126 Å². The van der Waals surface area contributed by atoms with Crippen LogP contribution < -0.4 is 4.74 Å². The van der Waals surface area contributed by atoms with Crippen LogP contribution in [0.2, 0.25) is 0 Å². The third kappa shape index (κ3) is 3.63. The van der Waals surface area contributed by atoms with E-state index in [9.17, 15) is 5.11 Å². The van der Waals surface area contributed by atoms with Crippen molar-refractivity contribution < 1.29 is 14.6 Å². The maximum atomic E-state index is 10.8. The summed E-state index contributed by atoms with van der Waals surface area (Å²) in [6.45, 7) is 4.45. The van der Waals surface area contributed by atoms with Crippen LogP contribution in [0.4, 0.5) is 0 Å². The molecule has 2 atom stereocenters. The molecule has 2 aromatic carbocycles. The summed E-state index contributed by atoms with van der Waals surface area (Å²) in [6.07, 6.45) is -1.19. The van der Waals surface area contributed by atoms with Gasteiger partial charge in [-0.15, -0.1) is 0 Å². The SMILES string of the molecule is CCOC(c1ccccc1)C(O)c1cc(C)ccc1OC. The van der Waals surface area contributed by atoms with E-state index < -0.39 is 12.2 Å². The van der Waals surface area contributed by atoms with Gasteiger partial charge in [0, 0.05) is 12.2 Å². The number of aliphatic hydroxyl groups is 1. The van der Waals surface area contributed by atoms with Crippen LogP contribution in [0.1, 0.15) is 35.8 Å². The van der Waals surface area contributed by atoms with Crippen LogP contribution in [0.15, 0.2) is 48.5 Å². The highest BCUT2D eigenvalue weighted by atomic mass is 16.5. The average molecular weight is 286 g/mol. The van der Waals surface area contributed by atoms with E-state index in [-0.39, 0.29) is 0 Å². The average Bonchev–Trinajstić information content (AvgIpc) is 2.52. The lowest BCUT2D eigenvalue weighted by molar-refractivity contribution is -0.0369. The minimum atomic E-state index is -0.776. The predicted octanol–water partition coefficient (Wildman–Crippen LogP) is 3.81. The first kappa shape index (κ1) is 15.5. The Hall–Kier alpha value is -1.84. The van der Waals surface area contributed by atoms with E-state index in [1.165, 1.54) is 0 Å². The van der Waals surface area contributed by atoms with Gasteiger partial charge in [-0.05, 0) is 31.5 Å². The zero-order valence-electron chi connectivity index (χ0n) is 12.7. The summed E-state index contributed by atoms with van der Waals surface area (Å²) in [5, 5.41) is 10.8. The topological polar surface area (TPSA) is 38.7 Å². The molecular weight excluding hydrogens is 264 g/mol. The first-order valence-corrected chi connectivity index (χ1v) is 7.16. The number of aliphatic hydroxyl groups excluding tert-OH is 1. The summed E-state index contributed by atoms with van der Waals surface area (Å²) in [6, 6.07) is 15.6. The van der Waals surface area contributed by atoms with Crippen LogP contribution in [0, 0.1) is 6.92 Å². The molecule has 2 rings (SSSR count). The molecule has 0 spiro atoms. The number of ether oxygens (including phenoxy) is 2.